The molecular formula is C62H102O6. The lowest BCUT2D eigenvalue weighted by atomic mass is 10.1. The van der Waals surface area contributed by atoms with Crippen molar-refractivity contribution in [1.82, 2.24) is 0 Å². The number of esters is 3. The Hall–Kier alpha value is -3.93. The Morgan fingerprint density at radius 1 is 0.309 bits per heavy atom. The van der Waals surface area contributed by atoms with Gasteiger partial charge >= 0.3 is 17.9 Å². The summed E-state index contributed by atoms with van der Waals surface area (Å²) in [6.45, 7) is 6.43. The van der Waals surface area contributed by atoms with Gasteiger partial charge < -0.3 is 14.2 Å². The number of rotatable bonds is 49. The van der Waals surface area contributed by atoms with E-state index < -0.39 is 6.10 Å². The van der Waals surface area contributed by atoms with Crippen LogP contribution in [0.15, 0.2) is 109 Å². The molecule has 1 unspecified atom stereocenters. The number of carbonyl (C=O) groups is 3. The van der Waals surface area contributed by atoms with Gasteiger partial charge in [-0.2, -0.15) is 0 Å². The van der Waals surface area contributed by atoms with Crippen molar-refractivity contribution in [3.05, 3.63) is 109 Å². The molecule has 1 atom stereocenters. The van der Waals surface area contributed by atoms with Crippen LogP contribution in [0.3, 0.4) is 0 Å². The van der Waals surface area contributed by atoms with Gasteiger partial charge in [-0.1, -0.05) is 214 Å². The van der Waals surface area contributed by atoms with Gasteiger partial charge in [0.15, 0.2) is 6.10 Å². The Morgan fingerprint density at radius 3 is 0.971 bits per heavy atom. The minimum atomic E-state index is -0.800. The average Bonchev–Trinajstić information content (AvgIpc) is 3.34. The average molecular weight is 943 g/mol. The third-order valence-corrected chi connectivity index (χ3v) is 11.5. The Kier molecular flexibility index (Phi) is 52.4. The number of unbranched alkanes of at least 4 members (excludes halogenated alkanes) is 20. The molecule has 0 N–H and O–H groups in total. The molecule has 68 heavy (non-hydrogen) atoms. The largest absolute Gasteiger partial charge is 0.462 e. The molecule has 0 amide bonds. The first-order valence-corrected chi connectivity index (χ1v) is 27.9. The zero-order valence-corrected chi connectivity index (χ0v) is 44.1. The first kappa shape index (κ1) is 64.1. The fraction of sp³-hybridized carbons (Fsp3) is 0.661. The highest BCUT2D eigenvalue weighted by molar-refractivity contribution is 5.71. The maximum Gasteiger partial charge on any atom is 0.306 e. The predicted octanol–water partition coefficient (Wildman–Crippen LogP) is 18.7. The van der Waals surface area contributed by atoms with E-state index in [1.807, 2.05) is 0 Å². The van der Waals surface area contributed by atoms with Crippen molar-refractivity contribution in [2.75, 3.05) is 13.2 Å². The fourth-order valence-corrected chi connectivity index (χ4v) is 7.28. The number of ether oxygens (including phenoxy) is 3. The van der Waals surface area contributed by atoms with Crippen LogP contribution in [0.1, 0.15) is 245 Å². The normalized spacial score (nSPS) is 12.9. The van der Waals surface area contributed by atoms with Crippen LogP contribution in [-0.2, 0) is 28.6 Å². The SMILES string of the molecule is CC/C=C\C/C=C\C/C=C\C/C=C\C/C=C\C/C=C\C/C=C\CCCCCC(=O)OCC(COC(=O)CCCCCCC/C=C\CCCC)OC(=O)CCCCCCC/C=C\CCCCCCC. The number of carbonyl (C=O) groups excluding carboxylic acids is 3. The summed E-state index contributed by atoms with van der Waals surface area (Å²) in [5.74, 6) is -0.952. The van der Waals surface area contributed by atoms with Gasteiger partial charge in [-0.3, -0.25) is 14.4 Å². The number of allylic oxidation sites excluding steroid dienone is 18. The van der Waals surface area contributed by atoms with Gasteiger partial charge in [-0.15, -0.1) is 0 Å². The quantitative estimate of drug-likeness (QED) is 0.0262. The summed E-state index contributed by atoms with van der Waals surface area (Å²) >= 11 is 0. The van der Waals surface area contributed by atoms with E-state index in [2.05, 4.69) is 130 Å². The van der Waals surface area contributed by atoms with Gasteiger partial charge in [0.05, 0.1) is 0 Å². The van der Waals surface area contributed by atoms with E-state index >= 15 is 0 Å². The minimum absolute atomic E-state index is 0.0978. The van der Waals surface area contributed by atoms with Crippen molar-refractivity contribution in [2.45, 2.75) is 252 Å². The summed E-state index contributed by atoms with van der Waals surface area (Å²) < 4.78 is 16.8. The van der Waals surface area contributed by atoms with Crippen molar-refractivity contribution in [3.63, 3.8) is 0 Å². The fourth-order valence-electron chi connectivity index (χ4n) is 7.28. The van der Waals surface area contributed by atoms with Crippen LogP contribution in [0.4, 0.5) is 0 Å². The van der Waals surface area contributed by atoms with Crippen LogP contribution in [0, 0.1) is 0 Å². The molecule has 0 aliphatic carbocycles. The first-order valence-electron chi connectivity index (χ1n) is 27.9. The van der Waals surface area contributed by atoms with Gasteiger partial charge in [0.1, 0.15) is 13.2 Å². The smallest absolute Gasteiger partial charge is 0.306 e. The number of hydrogen-bond acceptors (Lipinski definition) is 6. The molecule has 386 valence electrons. The standard InChI is InChI=1S/C62H102O6/c1-4-7-10-13-16-19-22-24-26-27-28-29-30-31-32-33-34-35-36-38-40-43-46-49-52-55-61(64)67-58-59(57-66-60(63)54-51-48-45-42-39-21-18-15-12-9-6-3)68-62(65)56-53-50-47-44-41-37-25-23-20-17-14-11-8-5-2/h7,10,15-16,18-19,23-26,28-29,31-32,34-35,38,40,59H,4-6,8-9,11-14,17,20-22,27,30,33,36-37,39,41-58H2,1-3H3/b10-7-,18-15-,19-16-,25-23-,26-24-,29-28-,32-31-,35-34-,40-38-. The predicted molar refractivity (Wildman–Crippen MR) is 293 cm³/mol. The zero-order chi connectivity index (χ0) is 49.3. The van der Waals surface area contributed by atoms with E-state index in [0.29, 0.717) is 19.3 Å². The summed E-state index contributed by atoms with van der Waals surface area (Å²) in [6.07, 6.45) is 75.1. The molecule has 0 spiro atoms. The van der Waals surface area contributed by atoms with E-state index in [4.69, 9.17) is 14.2 Å². The summed E-state index contributed by atoms with van der Waals surface area (Å²) in [5, 5.41) is 0. The van der Waals surface area contributed by atoms with Gasteiger partial charge in [0.25, 0.3) is 0 Å². The molecule has 6 nitrogen and oxygen atoms in total. The second-order valence-electron chi connectivity index (χ2n) is 18.1. The Labute approximate surface area is 419 Å². The topological polar surface area (TPSA) is 78.9 Å². The van der Waals surface area contributed by atoms with E-state index in [1.54, 1.807) is 0 Å². The Morgan fingerprint density at radius 2 is 0.588 bits per heavy atom. The van der Waals surface area contributed by atoms with E-state index in [-0.39, 0.29) is 31.1 Å². The van der Waals surface area contributed by atoms with Crippen molar-refractivity contribution < 1.29 is 28.6 Å². The molecule has 0 radical (unpaired) electrons. The van der Waals surface area contributed by atoms with Crippen LogP contribution in [0.5, 0.6) is 0 Å². The minimum Gasteiger partial charge on any atom is -0.462 e. The molecule has 0 bridgehead atoms. The molecule has 0 rings (SSSR count). The zero-order valence-electron chi connectivity index (χ0n) is 44.1. The Bertz CT molecular complexity index is 1410. The molecule has 0 aromatic carbocycles. The van der Waals surface area contributed by atoms with E-state index in [9.17, 15) is 14.4 Å². The Balaban J connectivity index is 4.40. The summed E-state index contributed by atoms with van der Waals surface area (Å²) in [6, 6.07) is 0. The van der Waals surface area contributed by atoms with Gasteiger partial charge in [-0.05, 0) is 122 Å². The molecule has 0 aromatic heterocycles. The van der Waals surface area contributed by atoms with Crippen LogP contribution in [0.25, 0.3) is 0 Å². The number of hydrogen-bond donors (Lipinski definition) is 0. The molecule has 0 saturated heterocycles. The van der Waals surface area contributed by atoms with Gasteiger partial charge in [-0.25, -0.2) is 0 Å². The van der Waals surface area contributed by atoms with Crippen molar-refractivity contribution in [2.24, 2.45) is 0 Å². The summed E-state index contributed by atoms with van der Waals surface area (Å²) in [4.78, 5) is 38.0. The molecule has 0 heterocycles. The summed E-state index contributed by atoms with van der Waals surface area (Å²) in [7, 11) is 0. The van der Waals surface area contributed by atoms with Crippen LogP contribution in [-0.4, -0.2) is 37.2 Å². The summed E-state index contributed by atoms with van der Waals surface area (Å²) in [5.41, 5.74) is 0. The maximum atomic E-state index is 12.8. The van der Waals surface area contributed by atoms with Crippen molar-refractivity contribution in [3.8, 4) is 0 Å². The highest BCUT2D eigenvalue weighted by atomic mass is 16.6. The van der Waals surface area contributed by atoms with Crippen LogP contribution in [0.2, 0.25) is 0 Å². The molecule has 0 aromatic rings. The molecule has 0 aliphatic rings. The lowest BCUT2D eigenvalue weighted by molar-refractivity contribution is -0.167. The van der Waals surface area contributed by atoms with E-state index in [1.165, 1.54) is 70.6 Å². The van der Waals surface area contributed by atoms with Crippen molar-refractivity contribution >= 4 is 17.9 Å². The monoisotopic (exact) mass is 943 g/mol. The van der Waals surface area contributed by atoms with Crippen LogP contribution < -0.4 is 0 Å². The second kappa shape index (κ2) is 55.7. The highest BCUT2D eigenvalue weighted by Crippen LogP contribution is 2.13. The maximum absolute atomic E-state index is 12.8. The molecule has 0 fully saturated rings. The molecule has 0 saturated carbocycles. The molecule has 6 heteroatoms. The third-order valence-electron chi connectivity index (χ3n) is 11.5. The van der Waals surface area contributed by atoms with Gasteiger partial charge in [0, 0.05) is 19.3 Å². The second-order valence-corrected chi connectivity index (χ2v) is 18.1. The van der Waals surface area contributed by atoms with Crippen molar-refractivity contribution in [1.29, 1.82) is 0 Å². The lowest BCUT2D eigenvalue weighted by Crippen LogP contribution is -2.30. The molecule has 0 aliphatic heterocycles. The van der Waals surface area contributed by atoms with Crippen LogP contribution >= 0.6 is 0 Å². The van der Waals surface area contributed by atoms with E-state index in [0.717, 1.165) is 135 Å². The lowest BCUT2D eigenvalue weighted by Gasteiger charge is -2.18. The molecular weight excluding hydrogens is 841 g/mol. The third kappa shape index (κ3) is 53.0. The first-order chi connectivity index (χ1) is 33.5. The highest BCUT2D eigenvalue weighted by Gasteiger charge is 2.19. The van der Waals surface area contributed by atoms with Gasteiger partial charge in [0.2, 0.25) is 0 Å².